The number of anilines is 2. The maximum absolute atomic E-state index is 13.7. The minimum atomic E-state index is -1.30. The highest BCUT2D eigenvalue weighted by Crippen LogP contribution is 2.33. The molecule has 5 aromatic rings. The second-order valence-electron chi connectivity index (χ2n) is 9.63. The normalized spacial score (nSPS) is 20.2. The van der Waals surface area contributed by atoms with Gasteiger partial charge in [-0.3, -0.25) is 14.5 Å². The number of nitrogens with zero attached hydrogens (tertiary/aromatic N) is 7. The van der Waals surface area contributed by atoms with E-state index in [1.54, 1.807) is 30.6 Å². The fourth-order valence-corrected chi connectivity index (χ4v) is 5.50. The molecule has 216 valence electrons. The number of halogens is 2. The number of rotatable bonds is 7. The lowest BCUT2D eigenvalue weighted by atomic mass is 10.1. The third kappa shape index (κ3) is 5.48. The largest absolute Gasteiger partial charge is 0.468 e. The molecule has 3 N–H and O–H groups in total. The van der Waals surface area contributed by atoms with Crippen molar-refractivity contribution in [1.29, 1.82) is 0 Å². The first-order chi connectivity index (χ1) is 20.3. The lowest BCUT2D eigenvalue weighted by molar-refractivity contribution is -0.0486. The molecule has 15 heteroatoms. The van der Waals surface area contributed by atoms with Gasteiger partial charge in [0, 0.05) is 26.0 Å². The van der Waals surface area contributed by atoms with Gasteiger partial charge in [0.25, 0.3) is 5.17 Å². The first kappa shape index (κ1) is 28.2. The number of nitrogens with one attached hydrogen (secondary N) is 1. The molecule has 0 aliphatic carbocycles. The number of aliphatic hydroxyl groups is 2. The Kier molecular flexibility index (Phi) is 7.92. The number of benzene rings is 2. The van der Waals surface area contributed by atoms with Crippen molar-refractivity contribution in [3.05, 3.63) is 77.3 Å². The summed E-state index contributed by atoms with van der Waals surface area (Å²) in [7, 11) is 1.81. The van der Waals surface area contributed by atoms with Crippen molar-refractivity contribution < 1.29 is 24.1 Å². The molecular weight excluding hydrogens is 631 g/mol. The molecule has 0 radical (unpaired) electrons. The van der Waals surface area contributed by atoms with Gasteiger partial charge in [0.1, 0.15) is 42.6 Å². The Bertz CT molecular complexity index is 1780. The fraction of sp³-hybridized carbons (Fsp3) is 0.259. The number of hydrogen-bond acceptors (Lipinski definition) is 11. The summed E-state index contributed by atoms with van der Waals surface area (Å²) in [4.78, 5) is 23.6. The Morgan fingerprint density at radius 2 is 1.95 bits per heavy atom. The molecule has 0 amide bonds. The van der Waals surface area contributed by atoms with Gasteiger partial charge < -0.3 is 29.9 Å². The van der Waals surface area contributed by atoms with Gasteiger partial charge in [0.2, 0.25) is 0 Å². The number of ether oxygens (including phenoxy) is 2. The molecular formula is C27H24BrFN8O4S. The van der Waals surface area contributed by atoms with Crippen LogP contribution in [-0.2, 0) is 16.0 Å². The van der Waals surface area contributed by atoms with Crippen LogP contribution in [0.15, 0.2) is 65.9 Å². The molecule has 2 aromatic carbocycles. The van der Waals surface area contributed by atoms with Crippen LogP contribution in [0, 0.1) is 5.82 Å². The lowest BCUT2D eigenvalue weighted by Gasteiger charge is -2.19. The lowest BCUT2D eigenvalue weighted by Crippen LogP contribution is -2.34. The molecule has 0 spiro atoms. The fourth-order valence-electron chi connectivity index (χ4n) is 4.79. The third-order valence-corrected chi connectivity index (χ3v) is 7.84. The van der Waals surface area contributed by atoms with E-state index in [-0.39, 0.29) is 17.6 Å². The second-order valence-corrected chi connectivity index (χ2v) is 10.8. The van der Waals surface area contributed by atoms with Gasteiger partial charge in [-0.15, -0.1) is 0 Å². The van der Waals surface area contributed by atoms with Crippen molar-refractivity contribution in [2.75, 3.05) is 23.9 Å². The Morgan fingerprint density at radius 3 is 2.79 bits per heavy atom. The molecule has 3 aromatic heterocycles. The average Bonchev–Trinajstić information content (AvgIpc) is 3.54. The van der Waals surface area contributed by atoms with E-state index >= 15 is 0 Å². The van der Waals surface area contributed by atoms with Gasteiger partial charge in [-0.2, -0.15) is 0 Å². The molecule has 0 unspecified atom stereocenters. The summed E-state index contributed by atoms with van der Waals surface area (Å²) >= 11 is 8.85. The van der Waals surface area contributed by atoms with Crippen molar-refractivity contribution >= 4 is 67.0 Å². The topological polar surface area (TPSA) is 144 Å². The van der Waals surface area contributed by atoms with Crippen LogP contribution in [0.5, 0.6) is 0 Å². The minimum absolute atomic E-state index is 0.0412. The van der Waals surface area contributed by atoms with Crippen LogP contribution in [0.3, 0.4) is 0 Å². The SMILES string of the molecule is CN(Cc1cccc(F)c1)c1ncnc2c1ncn2[C@@H]1O[C@H](COC(=S)Nc2ccc3nccnc3c2Br)[C@@H](O)[C@H]1O. The number of imidazole rings is 1. The second kappa shape index (κ2) is 11.8. The number of aromatic nitrogens is 6. The van der Waals surface area contributed by atoms with E-state index in [4.69, 9.17) is 21.7 Å². The number of thiocarbonyl (C=S) groups is 1. The van der Waals surface area contributed by atoms with Crippen molar-refractivity contribution in [3.8, 4) is 0 Å². The van der Waals surface area contributed by atoms with E-state index in [0.29, 0.717) is 44.7 Å². The van der Waals surface area contributed by atoms with Crippen LogP contribution in [0.1, 0.15) is 11.8 Å². The summed E-state index contributed by atoms with van der Waals surface area (Å²) in [6.07, 6.45) is 1.58. The number of fused-ring (bicyclic) bond motifs is 2. The highest BCUT2D eigenvalue weighted by atomic mass is 79.9. The minimum Gasteiger partial charge on any atom is -0.468 e. The molecule has 0 saturated carbocycles. The highest BCUT2D eigenvalue weighted by molar-refractivity contribution is 9.10. The molecule has 6 rings (SSSR count). The summed E-state index contributed by atoms with van der Waals surface area (Å²) in [5.74, 6) is 0.189. The first-order valence-corrected chi connectivity index (χ1v) is 14.0. The van der Waals surface area contributed by atoms with Gasteiger partial charge in [-0.25, -0.2) is 19.3 Å². The Labute approximate surface area is 252 Å². The van der Waals surface area contributed by atoms with E-state index in [2.05, 4.69) is 46.2 Å². The van der Waals surface area contributed by atoms with E-state index in [1.165, 1.54) is 29.4 Å². The van der Waals surface area contributed by atoms with Gasteiger partial charge >= 0.3 is 0 Å². The van der Waals surface area contributed by atoms with Crippen molar-refractivity contribution in [3.63, 3.8) is 0 Å². The molecule has 4 atom stereocenters. The van der Waals surface area contributed by atoms with Crippen LogP contribution in [-0.4, -0.2) is 76.8 Å². The third-order valence-electron chi connectivity index (χ3n) is 6.82. The molecule has 1 fully saturated rings. The zero-order valence-corrected chi connectivity index (χ0v) is 24.4. The number of aliphatic hydroxyl groups excluding tert-OH is 2. The zero-order valence-electron chi connectivity index (χ0n) is 22.0. The van der Waals surface area contributed by atoms with Gasteiger partial charge in [-0.1, -0.05) is 12.1 Å². The van der Waals surface area contributed by atoms with Crippen molar-refractivity contribution in [2.24, 2.45) is 0 Å². The molecule has 1 aliphatic heterocycles. The predicted molar refractivity (Wildman–Crippen MR) is 159 cm³/mol. The maximum Gasteiger partial charge on any atom is 0.261 e. The summed E-state index contributed by atoms with van der Waals surface area (Å²) in [6.45, 7) is 0.253. The molecule has 1 aliphatic rings. The van der Waals surface area contributed by atoms with E-state index in [9.17, 15) is 14.6 Å². The molecule has 42 heavy (non-hydrogen) atoms. The van der Waals surface area contributed by atoms with Crippen LogP contribution in [0.2, 0.25) is 0 Å². The summed E-state index contributed by atoms with van der Waals surface area (Å²) in [6, 6.07) is 9.89. The zero-order chi connectivity index (χ0) is 29.4. The summed E-state index contributed by atoms with van der Waals surface area (Å²) in [5, 5.41) is 24.6. The molecule has 1 saturated heterocycles. The van der Waals surface area contributed by atoms with Crippen LogP contribution >= 0.6 is 28.1 Å². The Morgan fingerprint density at radius 1 is 1.12 bits per heavy atom. The highest BCUT2D eigenvalue weighted by Gasteiger charge is 2.45. The van der Waals surface area contributed by atoms with Crippen LogP contribution < -0.4 is 10.2 Å². The summed E-state index contributed by atoms with van der Waals surface area (Å²) < 4.78 is 27.5. The van der Waals surface area contributed by atoms with E-state index in [0.717, 1.165) is 5.56 Å². The van der Waals surface area contributed by atoms with Crippen LogP contribution in [0.25, 0.3) is 22.2 Å². The van der Waals surface area contributed by atoms with Crippen molar-refractivity contribution in [1.82, 2.24) is 29.5 Å². The van der Waals surface area contributed by atoms with Gasteiger partial charge in [-0.05, 0) is 58.0 Å². The Hall–Kier alpha value is -3.89. The maximum atomic E-state index is 13.7. The molecule has 4 heterocycles. The average molecular weight is 656 g/mol. The molecule has 0 bridgehead atoms. The van der Waals surface area contributed by atoms with Crippen molar-refractivity contribution in [2.45, 2.75) is 31.1 Å². The first-order valence-electron chi connectivity index (χ1n) is 12.8. The predicted octanol–water partition coefficient (Wildman–Crippen LogP) is 3.34. The Balaban J connectivity index is 1.13. The van der Waals surface area contributed by atoms with E-state index < -0.39 is 24.5 Å². The van der Waals surface area contributed by atoms with Crippen LogP contribution in [0.4, 0.5) is 15.9 Å². The monoisotopic (exact) mass is 654 g/mol. The summed E-state index contributed by atoms with van der Waals surface area (Å²) in [5.41, 5.74) is 3.61. The molecule has 12 nitrogen and oxygen atoms in total. The standard InChI is InChI=1S/C27H24BrFN8O4S/c1-36(10-14-3-2-4-15(29)9-14)24-21-25(33-12-32-24)37(13-34-21)26-23(39)22(38)18(41-26)11-40-27(42)35-16-5-6-17-20(19(16)28)31-8-7-30-17/h2-9,12-13,18,22-23,26,38-39H,10-11H2,1H3,(H,35,42)/t18-,22-,23-,26-/m1/s1. The van der Waals surface area contributed by atoms with Gasteiger partial charge in [0.05, 0.1) is 22.0 Å². The quantitative estimate of drug-likeness (QED) is 0.221. The number of hydrogen-bond donors (Lipinski definition) is 3. The van der Waals surface area contributed by atoms with E-state index in [1.807, 2.05) is 18.0 Å². The van der Waals surface area contributed by atoms with Gasteiger partial charge in [0.15, 0.2) is 23.2 Å². The smallest absolute Gasteiger partial charge is 0.261 e.